The van der Waals surface area contributed by atoms with E-state index in [9.17, 15) is 40.2 Å². The molecule has 11 atom stereocenters. The fourth-order valence-electron chi connectivity index (χ4n) is 5.36. The zero-order chi connectivity index (χ0) is 31.0. The van der Waals surface area contributed by atoms with Crippen molar-refractivity contribution in [2.24, 2.45) is 0 Å². The third-order valence-electron chi connectivity index (χ3n) is 7.60. The van der Waals surface area contributed by atoms with Crippen LogP contribution in [0, 0.1) is 0 Å². The number of ketones is 1. The standard InChI is InChI=1S/C29H34O14/c1-12-22(34)26(39-13(2)31)25(37)28(38-12)43-27-24(36)23(35)20(11-30)42-29(27)40-15-8-16(32)21-17(33)10-18(41-19(21)9-15)14-6-4-3-5-7-14/h3-9,12,18,20,22-30,32,34-37H,10-11H2,1-2H3/t12-,18-,20+,22-,23-,24+,25-,26+,27-,28-,29-/m1/s1. The molecular weight excluding hydrogens is 572 g/mol. The maximum Gasteiger partial charge on any atom is 0.303 e. The Morgan fingerprint density at radius 1 is 0.953 bits per heavy atom. The molecule has 2 aromatic carbocycles. The van der Waals surface area contributed by atoms with Crippen molar-refractivity contribution in [3.8, 4) is 17.2 Å². The molecule has 43 heavy (non-hydrogen) atoms. The van der Waals surface area contributed by atoms with Crippen molar-refractivity contribution in [1.29, 1.82) is 0 Å². The molecule has 2 fully saturated rings. The van der Waals surface area contributed by atoms with Crippen LogP contribution in [0.15, 0.2) is 42.5 Å². The molecule has 0 amide bonds. The topological polar surface area (TPSA) is 211 Å². The zero-order valence-corrected chi connectivity index (χ0v) is 23.3. The molecule has 2 aromatic rings. The Hall–Kier alpha value is -3.34. The highest BCUT2D eigenvalue weighted by atomic mass is 16.8. The van der Waals surface area contributed by atoms with E-state index >= 15 is 0 Å². The molecule has 5 rings (SSSR count). The smallest absolute Gasteiger partial charge is 0.303 e. The molecule has 234 valence electrons. The molecular formula is C29H34O14. The Balaban J connectivity index is 1.41. The molecule has 3 aliphatic heterocycles. The van der Waals surface area contributed by atoms with Crippen LogP contribution in [0.25, 0.3) is 0 Å². The second-order valence-corrected chi connectivity index (χ2v) is 10.7. The number of Topliss-reactive ketones (excluding diaryl/α,β-unsaturated/α-hetero) is 1. The van der Waals surface area contributed by atoms with Crippen LogP contribution in [0.1, 0.15) is 42.3 Å². The maximum absolute atomic E-state index is 12.9. The number of hydrogen-bond donors (Lipinski definition) is 6. The van der Waals surface area contributed by atoms with Crippen molar-refractivity contribution in [1.82, 2.24) is 0 Å². The van der Waals surface area contributed by atoms with E-state index in [0.717, 1.165) is 18.6 Å². The number of hydrogen-bond acceptors (Lipinski definition) is 14. The maximum atomic E-state index is 12.9. The molecule has 3 heterocycles. The lowest BCUT2D eigenvalue weighted by Gasteiger charge is -2.46. The number of carbonyl (C=O) groups is 2. The number of fused-ring (bicyclic) bond motifs is 1. The first kappa shape index (κ1) is 31.1. The minimum Gasteiger partial charge on any atom is -0.507 e. The zero-order valence-electron chi connectivity index (χ0n) is 23.3. The molecule has 14 heteroatoms. The predicted octanol–water partition coefficient (Wildman–Crippen LogP) is -0.300. The summed E-state index contributed by atoms with van der Waals surface area (Å²) in [6, 6.07) is 11.5. The Bertz CT molecular complexity index is 1300. The third-order valence-corrected chi connectivity index (χ3v) is 7.60. The normalized spacial score (nSPS) is 35.9. The number of aliphatic hydroxyl groups excluding tert-OH is 5. The highest BCUT2D eigenvalue weighted by Crippen LogP contribution is 2.42. The van der Waals surface area contributed by atoms with Crippen LogP contribution >= 0.6 is 0 Å². The van der Waals surface area contributed by atoms with Crippen molar-refractivity contribution in [3.63, 3.8) is 0 Å². The van der Waals surface area contributed by atoms with Gasteiger partial charge < -0.3 is 59.1 Å². The van der Waals surface area contributed by atoms with Gasteiger partial charge in [0.15, 0.2) is 24.3 Å². The average Bonchev–Trinajstić information content (AvgIpc) is 2.97. The lowest BCUT2D eigenvalue weighted by Crippen LogP contribution is -2.65. The van der Waals surface area contributed by atoms with E-state index in [1.165, 1.54) is 13.0 Å². The van der Waals surface area contributed by atoms with Crippen LogP contribution in [0.5, 0.6) is 17.2 Å². The third kappa shape index (κ3) is 6.32. The van der Waals surface area contributed by atoms with Crippen molar-refractivity contribution in [2.75, 3.05) is 6.61 Å². The van der Waals surface area contributed by atoms with E-state index in [1.54, 1.807) is 24.3 Å². The highest BCUT2D eigenvalue weighted by Gasteiger charge is 2.52. The van der Waals surface area contributed by atoms with Crippen LogP contribution in [0.4, 0.5) is 0 Å². The van der Waals surface area contributed by atoms with Gasteiger partial charge in [-0.15, -0.1) is 0 Å². The number of ether oxygens (including phenoxy) is 6. The second-order valence-electron chi connectivity index (χ2n) is 10.7. The first-order chi connectivity index (χ1) is 20.5. The molecule has 0 aromatic heterocycles. The van der Waals surface area contributed by atoms with E-state index in [1.807, 2.05) is 6.07 Å². The number of esters is 1. The molecule has 0 aliphatic carbocycles. The number of phenolic OH excluding ortho intramolecular Hbond substituents is 1. The van der Waals surface area contributed by atoms with Gasteiger partial charge in [-0.25, -0.2) is 0 Å². The lowest BCUT2D eigenvalue weighted by molar-refractivity contribution is -0.355. The van der Waals surface area contributed by atoms with Gasteiger partial charge >= 0.3 is 5.97 Å². The number of aromatic hydroxyl groups is 1. The van der Waals surface area contributed by atoms with Gasteiger partial charge in [-0.3, -0.25) is 9.59 Å². The number of phenols is 1. The summed E-state index contributed by atoms with van der Waals surface area (Å²) in [6.07, 6.45) is -15.7. The second kappa shape index (κ2) is 12.7. The van der Waals surface area contributed by atoms with Gasteiger partial charge in [-0.2, -0.15) is 0 Å². The van der Waals surface area contributed by atoms with Crippen molar-refractivity contribution < 1.29 is 68.6 Å². The summed E-state index contributed by atoms with van der Waals surface area (Å²) >= 11 is 0. The van der Waals surface area contributed by atoms with E-state index in [0.29, 0.717) is 0 Å². The molecule has 6 N–H and O–H groups in total. The van der Waals surface area contributed by atoms with Crippen molar-refractivity contribution in [3.05, 3.63) is 53.6 Å². The molecule has 0 saturated carbocycles. The van der Waals surface area contributed by atoms with E-state index in [-0.39, 0.29) is 29.3 Å². The fourth-order valence-corrected chi connectivity index (χ4v) is 5.36. The van der Waals surface area contributed by atoms with Gasteiger partial charge in [0.05, 0.1) is 19.1 Å². The minimum atomic E-state index is -1.76. The van der Waals surface area contributed by atoms with Crippen LogP contribution in [-0.4, -0.2) is 110 Å². The van der Waals surface area contributed by atoms with Gasteiger partial charge in [0.2, 0.25) is 6.29 Å². The van der Waals surface area contributed by atoms with Gasteiger partial charge in [-0.1, -0.05) is 30.3 Å². The van der Waals surface area contributed by atoms with E-state index in [2.05, 4.69) is 0 Å². The SMILES string of the molecule is CC(=O)O[C@@H]1[C@@H](O)[C@@H](O[C@H]2[C@H](Oc3cc(O)c4c(c3)O[C@@H](c3ccccc3)CC4=O)O[C@@H](CO)[C@@H](O)[C@@H]2O)O[C@H](C)[C@H]1O. The summed E-state index contributed by atoms with van der Waals surface area (Å²) in [4.78, 5) is 24.5. The Morgan fingerprint density at radius 2 is 1.67 bits per heavy atom. The summed E-state index contributed by atoms with van der Waals surface area (Å²) in [6.45, 7) is 1.83. The molecule has 0 spiro atoms. The van der Waals surface area contributed by atoms with Crippen molar-refractivity contribution >= 4 is 11.8 Å². The summed E-state index contributed by atoms with van der Waals surface area (Å²) in [7, 11) is 0. The van der Waals surface area contributed by atoms with Crippen LogP contribution in [-0.2, 0) is 23.7 Å². The summed E-state index contributed by atoms with van der Waals surface area (Å²) in [5, 5.41) is 63.1. The first-order valence-corrected chi connectivity index (χ1v) is 13.7. The van der Waals surface area contributed by atoms with Gasteiger partial charge in [0.25, 0.3) is 0 Å². The van der Waals surface area contributed by atoms with Gasteiger partial charge in [0.1, 0.15) is 59.4 Å². The van der Waals surface area contributed by atoms with Crippen LogP contribution < -0.4 is 9.47 Å². The quantitative estimate of drug-likeness (QED) is 0.224. The Kier molecular flexibility index (Phi) is 9.20. The molecule has 0 unspecified atom stereocenters. The summed E-state index contributed by atoms with van der Waals surface area (Å²) < 4.78 is 34.0. The summed E-state index contributed by atoms with van der Waals surface area (Å²) in [5.41, 5.74) is 0.708. The van der Waals surface area contributed by atoms with Gasteiger partial charge in [0, 0.05) is 19.1 Å². The van der Waals surface area contributed by atoms with Crippen molar-refractivity contribution in [2.45, 2.75) is 87.8 Å². The van der Waals surface area contributed by atoms with Gasteiger partial charge in [-0.05, 0) is 12.5 Å². The van der Waals surface area contributed by atoms with Crippen LogP contribution in [0.2, 0.25) is 0 Å². The average molecular weight is 607 g/mol. The number of rotatable bonds is 7. The lowest BCUT2D eigenvalue weighted by atomic mass is 9.95. The minimum absolute atomic E-state index is 0.000139. The Morgan fingerprint density at radius 3 is 2.35 bits per heavy atom. The number of aliphatic hydroxyl groups is 5. The largest absolute Gasteiger partial charge is 0.507 e. The monoisotopic (exact) mass is 606 g/mol. The summed E-state index contributed by atoms with van der Waals surface area (Å²) in [5.74, 6) is -1.61. The van der Waals surface area contributed by atoms with Crippen LogP contribution in [0.3, 0.4) is 0 Å². The molecule has 3 aliphatic rings. The predicted molar refractivity (Wildman–Crippen MR) is 142 cm³/mol. The first-order valence-electron chi connectivity index (χ1n) is 13.7. The number of benzene rings is 2. The van der Waals surface area contributed by atoms with E-state index < -0.39 is 85.8 Å². The van der Waals surface area contributed by atoms with E-state index in [4.69, 9.17) is 28.4 Å². The Labute approximate surface area is 245 Å². The molecule has 14 nitrogen and oxygen atoms in total. The molecule has 2 saturated heterocycles. The number of carbonyl (C=O) groups excluding carboxylic acids is 2. The highest BCUT2D eigenvalue weighted by molar-refractivity contribution is 6.02. The molecule has 0 bridgehead atoms. The fraction of sp³-hybridized carbons (Fsp3) is 0.517. The molecule has 0 radical (unpaired) electrons.